The maximum Gasteiger partial charge on any atom is 0.161 e. The van der Waals surface area contributed by atoms with Crippen LogP contribution >= 0.6 is 0 Å². The monoisotopic (exact) mass is 394 g/mol. The van der Waals surface area contributed by atoms with Crippen LogP contribution in [0.3, 0.4) is 0 Å². The van der Waals surface area contributed by atoms with Crippen molar-refractivity contribution < 1.29 is 14.2 Å². The molecule has 0 radical (unpaired) electrons. The van der Waals surface area contributed by atoms with Gasteiger partial charge in [0, 0.05) is 12.6 Å². The molecule has 29 heavy (non-hydrogen) atoms. The fourth-order valence-corrected chi connectivity index (χ4v) is 2.96. The third-order valence-corrected chi connectivity index (χ3v) is 4.38. The van der Waals surface area contributed by atoms with Crippen molar-refractivity contribution in [2.24, 2.45) is 0 Å². The van der Waals surface area contributed by atoms with Crippen molar-refractivity contribution >= 4 is 17.3 Å². The molecule has 1 heterocycles. The number of anilines is 3. The Hall–Kier alpha value is -3.48. The van der Waals surface area contributed by atoms with E-state index in [1.165, 1.54) is 0 Å². The minimum Gasteiger partial charge on any atom is -0.495 e. The quantitative estimate of drug-likeness (QED) is 0.583. The summed E-state index contributed by atoms with van der Waals surface area (Å²) in [6, 6.07) is 13.6. The van der Waals surface area contributed by atoms with Gasteiger partial charge in [0.2, 0.25) is 0 Å². The smallest absolute Gasteiger partial charge is 0.161 e. The normalized spacial score (nSPS) is 10.4. The number of aryl methyl sites for hydroxylation is 2. The lowest BCUT2D eigenvalue weighted by molar-refractivity contribution is 0.354. The lowest BCUT2D eigenvalue weighted by Gasteiger charge is -2.14. The first kappa shape index (κ1) is 20.3. The standard InChI is InChI=1S/C22H26N4O3/c1-14-6-8-18(27-3)17(10-14)26-22-12-21(24-15(2)25-22)23-13-16-7-9-19(28-4)20(11-16)29-5/h6-12H,13H2,1-5H3,(H2,23,24,25,26). The van der Waals surface area contributed by atoms with Crippen molar-refractivity contribution in [2.45, 2.75) is 20.4 Å². The number of rotatable bonds is 8. The Kier molecular flexibility index (Phi) is 6.39. The second kappa shape index (κ2) is 9.14. The number of hydrogen-bond acceptors (Lipinski definition) is 7. The molecule has 0 saturated carbocycles. The van der Waals surface area contributed by atoms with E-state index in [9.17, 15) is 0 Å². The second-order valence-electron chi connectivity index (χ2n) is 6.56. The van der Waals surface area contributed by atoms with Crippen LogP contribution in [-0.2, 0) is 6.54 Å². The van der Waals surface area contributed by atoms with Gasteiger partial charge in [0.05, 0.1) is 27.0 Å². The zero-order chi connectivity index (χ0) is 20.8. The molecule has 0 fully saturated rings. The van der Waals surface area contributed by atoms with Gasteiger partial charge < -0.3 is 24.8 Å². The molecule has 3 aromatic rings. The molecule has 0 saturated heterocycles. The van der Waals surface area contributed by atoms with Crippen LogP contribution in [0.5, 0.6) is 17.2 Å². The predicted molar refractivity (Wildman–Crippen MR) is 115 cm³/mol. The molecule has 7 heteroatoms. The Bertz CT molecular complexity index is 992. The molecular weight excluding hydrogens is 368 g/mol. The maximum atomic E-state index is 5.44. The molecule has 2 N–H and O–H groups in total. The van der Waals surface area contributed by atoms with Crippen molar-refractivity contribution in [3.05, 3.63) is 59.4 Å². The first-order chi connectivity index (χ1) is 14.0. The molecule has 1 aromatic heterocycles. The highest BCUT2D eigenvalue weighted by atomic mass is 16.5. The second-order valence-corrected chi connectivity index (χ2v) is 6.56. The number of nitrogens with zero attached hydrogens (tertiary/aromatic N) is 2. The van der Waals surface area contributed by atoms with E-state index in [-0.39, 0.29) is 0 Å². The molecule has 0 bridgehead atoms. The number of methoxy groups -OCH3 is 3. The van der Waals surface area contributed by atoms with Crippen LogP contribution in [0.4, 0.5) is 17.3 Å². The van der Waals surface area contributed by atoms with E-state index in [1.54, 1.807) is 21.3 Å². The van der Waals surface area contributed by atoms with E-state index in [2.05, 4.69) is 20.6 Å². The van der Waals surface area contributed by atoms with E-state index < -0.39 is 0 Å². The molecule has 0 unspecified atom stereocenters. The minimum atomic E-state index is 0.587. The maximum absolute atomic E-state index is 5.44. The van der Waals surface area contributed by atoms with Gasteiger partial charge in [0.15, 0.2) is 11.5 Å². The number of aromatic nitrogens is 2. The van der Waals surface area contributed by atoms with Gasteiger partial charge in [-0.3, -0.25) is 0 Å². The zero-order valence-electron chi connectivity index (χ0n) is 17.4. The third-order valence-electron chi connectivity index (χ3n) is 4.38. The predicted octanol–water partition coefficient (Wildman–Crippen LogP) is 4.47. The van der Waals surface area contributed by atoms with E-state index >= 15 is 0 Å². The summed E-state index contributed by atoms with van der Waals surface area (Å²) in [7, 11) is 4.90. The Labute approximate surface area is 171 Å². The van der Waals surface area contributed by atoms with Crippen LogP contribution in [0, 0.1) is 13.8 Å². The Morgan fingerprint density at radius 3 is 2.17 bits per heavy atom. The van der Waals surface area contributed by atoms with Gasteiger partial charge in [0.25, 0.3) is 0 Å². The van der Waals surface area contributed by atoms with E-state index in [0.29, 0.717) is 29.7 Å². The molecule has 0 aliphatic heterocycles. The lowest BCUT2D eigenvalue weighted by Crippen LogP contribution is -2.06. The number of benzene rings is 2. The van der Waals surface area contributed by atoms with Gasteiger partial charge in [-0.1, -0.05) is 12.1 Å². The summed E-state index contributed by atoms with van der Waals surface area (Å²) in [6.07, 6.45) is 0. The van der Waals surface area contributed by atoms with Gasteiger partial charge in [-0.25, -0.2) is 9.97 Å². The van der Waals surface area contributed by atoms with Crippen LogP contribution in [0.25, 0.3) is 0 Å². The Morgan fingerprint density at radius 2 is 1.45 bits per heavy atom. The topological polar surface area (TPSA) is 77.5 Å². The number of nitrogens with one attached hydrogen (secondary N) is 2. The van der Waals surface area contributed by atoms with Crippen molar-refractivity contribution in [3.8, 4) is 17.2 Å². The van der Waals surface area contributed by atoms with Gasteiger partial charge in [-0.2, -0.15) is 0 Å². The number of hydrogen-bond donors (Lipinski definition) is 2. The van der Waals surface area contributed by atoms with E-state index in [4.69, 9.17) is 14.2 Å². The first-order valence-corrected chi connectivity index (χ1v) is 9.24. The summed E-state index contributed by atoms with van der Waals surface area (Å²) in [6.45, 7) is 4.48. The van der Waals surface area contributed by atoms with Crippen LogP contribution in [0.15, 0.2) is 42.5 Å². The molecule has 0 atom stereocenters. The molecule has 152 valence electrons. The highest BCUT2D eigenvalue weighted by Crippen LogP contribution is 2.29. The number of ether oxygens (including phenoxy) is 3. The average Bonchev–Trinajstić information content (AvgIpc) is 2.72. The van der Waals surface area contributed by atoms with Crippen LogP contribution < -0.4 is 24.8 Å². The SMILES string of the molecule is COc1ccc(C)cc1Nc1cc(NCc2ccc(OC)c(OC)c2)nc(C)n1. The van der Waals surface area contributed by atoms with Crippen molar-refractivity contribution in [3.63, 3.8) is 0 Å². The van der Waals surface area contributed by atoms with Gasteiger partial charge in [-0.15, -0.1) is 0 Å². The summed E-state index contributed by atoms with van der Waals surface area (Å²) in [5.74, 6) is 4.23. The molecule has 0 aliphatic carbocycles. The van der Waals surface area contributed by atoms with Crippen molar-refractivity contribution in [2.75, 3.05) is 32.0 Å². The molecule has 0 spiro atoms. The summed E-state index contributed by atoms with van der Waals surface area (Å²) < 4.78 is 16.1. The summed E-state index contributed by atoms with van der Waals surface area (Å²) in [4.78, 5) is 8.96. The minimum absolute atomic E-state index is 0.587. The highest BCUT2D eigenvalue weighted by Gasteiger charge is 2.08. The van der Waals surface area contributed by atoms with E-state index in [1.807, 2.05) is 56.3 Å². The van der Waals surface area contributed by atoms with E-state index in [0.717, 1.165) is 28.4 Å². The Morgan fingerprint density at radius 1 is 0.759 bits per heavy atom. The molecule has 3 rings (SSSR count). The molecule has 2 aromatic carbocycles. The summed E-state index contributed by atoms with van der Waals surface area (Å²) in [5, 5.41) is 6.66. The fourth-order valence-electron chi connectivity index (χ4n) is 2.96. The van der Waals surface area contributed by atoms with Crippen LogP contribution in [0.2, 0.25) is 0 Å². The zero-order valence-corrected chi connectivity index (χ0v) is 17.4. The van der Waals surface area contributed by atoms with Gasteiger partial charge in [0.1, 0.15) is 23.2 Å². The molecule has 0 aliphatic rings. The van der Waals surface area contributed by atoms with Crippen LogP contribution in [0.1, 0.15) is 17.0 Å². The molecule has 7 nitrogen and oxygen atoms in total. The highest BCUT2D eigenvalue weighted by molar-refractivity contribution is 5.66. The lowest BCUT2D eigenvalue weighted by atomic mass is 10.2. The molecule has 0 amide bonds. The summed E-state index contributed by atoms with van der Waals surface area (Å²) in [5.41, 5.74) is 3.04. The van der Waals surface area contributed by atoms with Gasteiger partial charge >= 0.3 is 0 Å². The largest absolute Gasteiger partial charge is 0.495 e. The fraction of sp³-hybridized carbons (Fsp3) is 0.273. The van der Waals surface area contributed by atoms with Crippen LogP contribution in [-0.4, -0.2) is 31.3 Å². The third kappa shape index (κ3) is 5.07. The first-order valence-electron chi connectivity index (χ1n) is 9.24. The Balaban J connectivity index is 1.77. The molecular formula is C22H26N4O3. The van der Waals surface area contributed by atoms with Crippen molar-refractivity contribution in [1.29, 1.82) is 0 Å². The van der Waals surface area contributed by atoms with Gasteiger partial charge in [-0.05, 0) is 49.2 Å². The summed E-state index contributed by atoms with van der Waals surface area (Å²) >= 11 is 0. The van der Waals surface area contributed by atoms with Crippen molar-refractivity contribution in [1.82, 2.24) is 9.97 Å². The average molecular weight is 394 g/mol.